The first-order chi connectivity index (χ1) is 8.60. The maximum Gasteiger partial charge on any atom is 0.406 e. The minimum atomic E-state index is -4.90. The molecule has 0 radical (unpaired) electrons. The van der Waals surface area contributed by atoms with Crippen LogP contribution in [0.25, 0.3) is 0 Å². The lowest BCUT2D eigenvalue weighted by molar-refractivity contribution is -0.226. The summed E-state index contributed by atoms with van der Waals surface area (Å²) in [6.45, 7) is 2.38. The number of amides is 2. The van der Waals surface area contributed by atoms with Crippen LogP contribution in [0.3, 0.4) is 0 Å². The third-order valence-corrected chi connectivity index (χ3v) is 3.22. The van der Waals surface area contributed by atoms with E-state index in [1.807, 2.05) is 0 Å². The largest absolute Gasteiger partial charge is 0.481 e. The molecule has 2 amide bonds. The first kappa shape index (κ1) is 15.8. The van der Waals surface area contributed by atoms with Crippen molar-refractivity contribution in [1.82, 2.24) is 10.2 Å². The third-order valence-electron chi connectivity index (χ3n) is 2.94. The fourth-order valence-electron chi connectivity index (χ4n) is 1.79. The van der Waals surface area contributed by atoms with Crippen molar-refractivity contribution in [3.8, 4) is 0 Å². The molecule has 19 heavy (non-hydrogen) atoms. The first-order valence-corrected chi connectivity index (χ1v) is 6.05. The fraction of sp³-hybridized carbons (Fsp3) is 0.600. The number of hydrogen-bond acceptors (Lipinski definition) is 2. The first-order valence-electron chi connectivity index (χ1n) is 5.26. The van der Waals surface area contributed by atoms with Crippen LogP contribution in [0.1, 0.15) is 6.42 Å². The van der Waals surface area contributed by atoms with Gasteiger partial charge in [-0.3, -0.25) is 4.79 Å². The average molecular weight is 345 g/mol. The van der Waals surface area contributed by atoms with Crippen LogP contribution in [0.4, 0.5) is 18.0 Å². The summed E-state index contributed by atoms with van der Waals surface area (Å²) in [6, 6.07) is -0.743. The molecule has 1 aliphatic rings. The minimum absolute atomic E-state index is 0.0570. The number of nitrogens with zero attached hydrogens (tertiary/aromatic N) is 1. The molecule has 108 valence electrons. The molecule has 1 aliphatic heterocycles. The highest BCUT2D eigenvalue weighted by Gasteiger charge is 2.64. The van der Waals surface area contributed by atoms with Crippen molar-refractivity contribution in [1.29, 1.82) is 0 Å². The Labute approximate surface area is 115 Å². The van der Waals surface area contributed by atoms with E-state index in [1.165, 1.54) is 0 Å². The zero-order chi connectivity index (χ0) is 14.8. The van der Waals surface area contributed by atoms with Gasteiger partial charge in [-0.15, -0.1) is 0 Å². The normalized spacial score (nSPS) is 23.3. The van der Waals surface area contributed by atoms with Crippen LogP contribution in [0, 0.1) is 5.41 Å². The van der Waals surface area contributed by atoms with Gasteiger partial charge >= 0.3 is 18.2 Å². The number of likely N-dealkylation sites (tertiary alicyclic amines) is 1. The van der Waals surface area contributed by atoms with Crippen LogP contribution in [-0.4, -0.2) is 47.8 Å². The van der Waals surface area contributed by atoms with E-state index >= 15 is 0 Å². The summed E-state index contributed by atoms with van der Waals surface area (Å²) in [6.07, 6.45) is -5.54. The molecule has 0 aromatic rings. The predicted octanol–water partition coefficient (Wildman–Crippen LogP) is 1.94. The van der Waals surface area contributed by atoms with E-state index < -0.39 is 36.6 Å². The monoisotopic (exact) mass is 344 g/mol. The number of aliphatic carboxylic acids is 1. The van der Waals surface area contributed by atoms with E-state index in [4.69, 9.17) is 5.11 Å². The highest BCUT2D eigenvalue weighted by molar-refractivity contribution is 9.11. The minimum Gasteiger partial charge on any atom is -0.481 e. The second-order valence-corrected chi connectivity index (χ2v) is 5.35. The Balaban J connectivity index is 2.78. The van der Waals surface area contributed by atoms with Gasteiger partial charge in [0.1, 0.15) is 0 Å². The lowest BCUT2D eigenvalue weighted by atomic mass is 9.86. The van der Waals surface area contributed by atoms with Crippen molar-refractivity contribution in [2.24, 2.45) is 5.41 Å². The molecule has 0 aromatic carbocycles. The van der Waals surface area contributed by atoms with Gasteiger partial charge in [-0.05, 0) is 6.42 Å². The second-order valence-electron chi connectivity index (χ2n) is 4.23. The Morgan fingerprint density at radius 3 is 2.42 bits per heavy atom. The molecule has 1 heterocycles. The van der Waals surface area contributed by atoms with Gasteiger partial charge in [0.15, 0.2) is 5.41 Å². The van der Waals surface area contributed by atoms with Crippen LogP contribution in [0.15, 0.2) is 11.1 Å². The van der Waals surface area contributed by atoms with E-state index in [9.17, 15) is 22.8 Å². The molecule has 0 saturated carbocycles. The SMILES string of the molecule is C=C(Br)CNC(=O)N1CCC(C(=O)O)(C(F)(F)F)C1. The van der Waals surface area contributed by atoms with Gasteiger partial charge in [0.2, 0.25) is 0 Å². The van der Waals surface area contributed by atoms with E-state index in [0.29, 0.717) is 4.48 Å². The molecule has 1 atom stereocenters. The summed E-state index contributed by atoms with van der Waals surface area (Å²) in [5, 5.41) is 11.1. The molecule has 0 bridgehead atoms. The van der Waals surface area contributed by atoms with Crippen molar-refractivity contribution >= 4 is 27.9 Å². The molecule has 5 nitrogen and oxygen atoms in total. The van der Waals surface area contributed by atoms with Crippen molar-refractivity contribution in [3.63, 3.8) is 0 Å². The van der Waals surface area contributed by atoms with Gasteiger partial charge < -0.3 is 15.3 Å². The number of hydrogen-bond donors (Lipinski definition) is 2. The Morgan fingerprint density at radius 2 is 2.05 bits per heavy atom. The number of carbonyl (C=O) groups is 2. The standard InChI is InChI=1S/C10H12BrF3N2O3/c1-6(11)4-15-8(19)16-3-2-9(5-16,7(17)18)10(12,13)14/h1-5H2,(H,15,19)(H,17,18). The average Bonchev–Trinajstić information content (AvgIpc) is 2.71. The smallest absolute Gasteiger partial charge is 0.406 e. The maximum absolute atomic E-state index is 12.9. The third kappa shape index (κ3) is 3.20. The Morgan fingerprint density at radius 1 is 1.47 bits per heavy atom. The molecule has 0 aliphatic carbocycles. The van der Waals surface area contributed by atoms with Gasteiger partial charge in [0.05, 0.1) is 6.54 Å². The maximum atomic E-state index is 12.9. The van der Waals surface area contributed by atoms with Gasteiger partial charge in [-0.25, -0.2) is 4.79 Å². The van der Waals surface area contributed by atoms with Crippen LogP contribution < -0.4 is 5.32 Å². The van der Waals surface area contributed by atoms with Gasteiger partial charge in [0.25, 0.3) is 0 Å². The van der Waals surface area contributed by atoms with Crippen LogP contribution >= 0.6 is 15.9 Å². The van der Waals surface area contributed by atoms with Gasteiger partial charge in [-0.2, -0.15) is 13.2 Å². The Bertz CT molecular complexity index is 413. The lowest BCUT2D eigenvalue weighted by Gasteiger charge is -2.27. The molecule has 1 rings (SSSR count). The highest BCUT2D eigenvalue weighted by Crippen LogP contribution is 2.45. The summed E-state index contributed by atoms with van der Waals surface area (Å²) < 4.78 is 39.0. The van der Waals surface area contributed by atoms with Crippen LogP contribution in [-0.2, 0) is 4.79 Å². The van der Waals surface area contributed by atoms with E-state index in [-0.39, 0.29) is 13.1 Å². The summed E-state index contributed by atoms with van der Waals surface area (Å²) in [4.78, 5) is 23.3. The molecule has 0 spiro atoms. The van der Waals surface area contributed by atoms with Crippen molar-refractivity contribution in [2.45, 2.75) is 12.6 Å². The molecular weight excluding hydrogens is 333 g/mol. The quantitative estimate of drug-likeness (QED) is 0.822. The molecule has 1 unspecified atom stereocenters. The predicted molar refractivity (Wildman–Crippen MR) is 63.8 cm³/mol. The summed E-state index contributed by atoms with van der Waals surface area (Å²) in [5.41, 5.74) is -2.88. The molecule has 0 aromatic heterocycles. The molecule has 2 N–H and O–H groups in total. The lowest BCUT2D eigenvalue weighted by Crippen LogP contribution is -2.49. The van der Waals surface area contributed by atoms with Crippen molar-refractivity contribution < 1.29 is 27.9 Å². The van der Waals surface area contributed by atoms with E-state index in [0.717, 1.165) is 4.90 Å². The van der Waals surface area contributed by atoms with Crippen molar-refractivity contribution in [2.75, 3.05) is 19.6 Å². The zero-order valence-electron chi connectivity index (χ0n) is 9.76. The second kappa shape index (κ2) is 5.40. The number of rotatable bonds is 3. The number of carboxylic acid groups (broad SMARTS) is 1. The summed E-state index contributed by atoms with van der Waals surface area (Å²) in [5.74, 6) is -1.96. The van der Waals surface area contributed by atoms with Gasteiger partial charge in [0, 0.05) is 17.6 Å². The number of alkyl halides is 3. The number of urea groups is 1. The number of carboxylic acids is 1. The molecular formula is C10H12BrF3N2O3. The van der Waals surface area contributed by atoms with Gasteiger partial charge in [-0.1, -0.05) is 22.5 Å². The zero-order valence-corrected chi connectivity index (χ0v) is 11.3. The Kier molecular flexibility index (Phi) is 4.49. The summed E-state index contributed by atoms with van der Waals surface area (Å²) in [7, 11) is 0. The van der Waals surface area contributed by atoms with Crippen LogP contribution in [0.2, 0.25) is 0 Å². The Hall–Kier alpha value is -1.25. The van der Waals surface area contributed by atoms with Crippen LogP contribution in [0.5, 0.6) is 0 Å². The molecule has 9 heteroatoms. The van der Waals surface area contributed by atoms with E-state index in [2.05, 4.69) is 27.8 Å². The topological polar surface area (TPSA) is 69.6 Å². The molecule has 1 fully saturated rings. The van der Waals surface area contributed by atoms with E-state index in [1.54, 1.807) is 0 Å². The summed E-state index contributed by atoms with van der Waals surface area (Å²) >= 11 is 2.99. The number of halogens is 4. The highest BCUT2D eigenvalue weighted by atomic mass is 79.9. The fourth-order valence-corrected chi connectivity index (χ4v) is 1.93. The number of nitrogens with one attached hydrogen (secondary N) is 1. The van der Waals surface area contributed by atoms with Crippen molar-refractivity contribution in [3.05, 3.63) is 11.1 Å². The number of carbonyl (C=O) groups excluding carboxylic acids is 1. The molecule has 1 saturated heterocycles.